The topological polar surface area (TPSA) is 88.5 Å². The zero-order valence-electron chi connectivity index (χ0n) is 15.7. The molecule has 1 aliphatic carbocycles. The molecule has 146 valence electrons. The number of hydrogen-bond donors (Lipinski definition) is 2. The fourth-order valence-corrected chi connectivity index (χ4v) is 3.85. The van der Waals surface area contributed by atoms with Gasteiger partial charge in [0.2, 0.25) is 0 Å². The lowest BCUT2D eigenvalue weighted by molar-refractivity contribution is -0.139. The average Bonchev–Trinajstić information content (AvgIpc) is 3.48. The maximum absolute atomic E-state index is 13.1. The van der Waals surface area contributed by atoms with Crippen LogP contribution >= 0.6 is 0 Å². The van der Waals surface area contributed by atoms with Crippen molar-refractivity contribution in [1.82, 2.24) is 10.3 Å². The van der Waals surface area contributed by atoms with Crippen LogP contribution in [0.2, 0.25) is 0 Å². The van der Waals surface area contributed by atoms with E-state index in [1.54, 1.807) is 12.1 Å². The number of carboxylic acid groups (broad SMARTS) is 1. The lowest BCUT2D eigenvalue weighted by atomic mass is 10.0. The third kappa shape index (κ3) is 3.31. The van der Waals surface area contributed by atoms with Gasteiger partial charge in [0.1, 0.15) is 5.75 Å². The summed E-state index contributed by atoms with van der Waals surface area (Å²) in [6.07, 6.45) is 2.88. The SMILES string of the molecule is O=C(NC(C(=O)O)c1ccc2c(c1)CCO2)c1cc(C2CC2)nc2ccccc12. The first kappa shape index (κ1) is 17.7. The van der Waals surface area contributed by atoms with E-state index in [-0.39, 0.29) is 0 Å². The van der Waals surface area contributed by atoms with Crippen LogP contribution in [0.25, 0.3) is 10.9 Å². The van der Waals surface area contributed by atoms with Gasteiger partial charge in [-0.2, -0.15) is 0 Å². The molecule has 2 N–H and O–H groups in total. The van der Waals surface area contributed by atoms with E-state index < -0.39 is 17.9 Å². The molecular weight excluding hydrogens is 368 g/mol. The number of nitrogens with one attached hydrogen (secondary N) is 1. The third-order valence-corrected chi connectivity index (χ3v) is 5.55. The molecule has 0 spiro atoms. The average molecular weight is 388 g/mol. The maximum atomic E-state index is 13.1. The smallest absolute Gasteiger partial charge is 0.330 e. The molecule has 29 heavy (non-hydrogen) atoms. The fourth-order valence-electron chi connectivity index (χ4n) is 3.85. The molecule has 1 unspecified atom stereocenters. The molecule has 1 amide bonds. The van der Waals surface area contributed by atoms with Crippen LogP contribution in [0.1, 0.15) is 52.0 Å². The van der Waals surface area contributed by atoms with Crippen molar-refractivity contribution >= 4 is 22.8 Å². The minimum atomic E-state index is -1.13. The van der Waals surface area contributed by atoms with E-state index in [2.05, 4.69) is 10.3 Å². The van der Waals surface area contributed by atoms with Crippen LogP contribution in [0, 0.1) is 0 Å². The first-order valence-corrected chi connectivity index (χ1v) is 9.79. The Labute approximate surface area is 167 Å². The number of ether oxygens (including phenoxy) is 1. The molecule has 2 aromatic carbocycles. The molecule has 6 nitrogen and oxygen atoms in total. The number of aromatic nitrogens is 1. The molecule has 1 aromatic heterocycles. The Hall–Kier alpha value is -3.41. The van der Waals surface area contributed by atoms with Gasteiger partial charge in [0.25, 0.3) is 5.91 Å². The molecule has 0 bridgehead atoms. The Kier molecular flexibility index (Phi) is 4.19. The van der Waals surface area contributed by atoms with Gasteiger partial charge in [0.05, 0.1) is 17.7 Å². The molecule has 1 saturated carbocycles. The second kappa shape index (κ2) is 6.88. The highest BCUT2D eigenvalue weighted by atomic mass is 16.5. The number of carboxylic acids is 1. The number of carbonyl (C=O) groups is 2. The van der Waals surface area contributed by atoms with Gasteiger partial charge in [-0.1, -0.05) is 24.3 Å². The van der Waals surface area contributed by atoms with Gasteiger partial charge < -0.3 is 15.2 Å². The number of nitrogens with zero attached hydrogens (tertiary/aromatic N) is 1. The third-order valence-electron chi connectivity index (χ3n) is 5.55. The molecule has 3 aromatic rings. The highest BCUT2D eigenvalue weighted by Gasteiger charge is 2.29. The van der Waals surface area contributed by atoms with Crippen molar-refractivity contribution < 1.29 is 19.4 Å². The first-order valence-electron chi connectivity index (χ1n) is 9.79. The molecule has 0 saturated heterocycles. The Morgan fingerprint density at radius 3 is 2.76 bits per heavy atom. The molecule has 0 radical (unpaired) electrons. The number of fused-ring (bicyclic) bond motifs is 2. The number of para-hydroxylation sites is 1. The summed E-state index contributed by atoms with van der Waals surface area (Å²) in [6.45, 7) is 0.593. The Morgan fingerprint density at radius 1 is 1.14 bits per heavy atom. The second-order valence-electron chi connectivity index (χ2n) is 7.60. The standard InChI is InChI=1S/C23H20N2O4/c26-22(17-12-19(13-5-6-13)24-18-4-2-1-3-16(17)18)25-21(23(27)28)15-7-8-20-14(11-15)9-10-29-20/h1-4,7-8,11-13,21H,5-6,9-10H2,(H,25,26)(H,27,28). The van der Waals surface area contributed by atoms with Crippen LogP contribution in [0.15, 0.2) is 48.5 Å². The van der Waals surface area contributed by atoms with Crippen LogP contribution in [0.5, 0.6) is 5.75 Å². The predicted molar refractivity (Wildman–Crippen MR) is 107 cm³/mol. The number of benzene rings is 2. The maximum Gasteiger partial charge on any atom is 0.330 e. The summed E-state index contributed by atoms with van der Waals surface area (Å²) in [5.41, 5.74) is 3.62. The van der Waals surface area contributed by atoms with E-state index >= 15 is 0 Å². The molecule has 1 atom stereocenters. The quantitative estimate of drug-likeness (QED) is 0.697. The summed E-state index contributed by atoms with van der Waals surface area (Å²) in [4.78, 5) is 29.8. The number of pyridine rings is 1. The minimum absolute atomic E-state index is 0.387. The van der Waals surface area contributed by atoms with Crippen LogP contribution in [0.4, 0.5) is 0 Å². The zero-order chi connectivity index (χ0) is 20.0. The predicted octanol–water partition coefficient (Wildman–Crippen LogP) is 3.60. The fraction of sp³-hybridized carbons (Fsp3) is 0.261. The number of hydrogen-bond acceptors (Lipinski definition) is 4. The summed E-state index contributed by atoms with van der Waals surface area (Å²) in [7, 11) is 0. The molecule has 1 aliphatic heterocycles. The number of rotatable bonds is 5. The number of carbonyl (C=O) groups excluding carboxylic acids is 1. The Bertz CT molecular complexity index is 1140. The first-order chi connectivity index (χ1) is 14.1. The Balaban J connectivity index is 1.50. The zero-order valence-corrected chi connectivity index (χ0v) is 15.7. The van der Waals surface area contributed by atoms with Crippen molar-refractivity contribution in [2.45, 2.75) is 31.2 Å². The molecule has 5 rings (SSSR count). The summed E-state index contributed by atoms with van der Waals surface area (Å²) >= 11 is 0. The summed E-state index contributed by atoms with van der Waals surface area (Å²) in [5.74, 6) is -0.343. The van der Waals surface area contributed by atoms with Crippen molar-refractivity contribution in [3.05, 3.63) is 70.9 Å². The molecule has 1 fully saturated rings. The van der Waals surface area contributed by atoms with E-state index in [0.717, 1.165) is 47.2 Å². The van der Waals surface area contributed by atoms with Crippen molar-refractivity contribution in [2.24, 2.45) is 0 Å². The Morgan fingerprint density at radius 2 is 1.97 bits per heavy atom. The van der Waals surface area contributed by atoms with Crippen LogP contribution in [-0.4, -0.2) is 28.6 Å². The summed E-state index contributed by atoms with van der Waals surface area (Å²) < 4.78 is 5.49. The van der Waals surface area contributed by atoms with Crippen molar-refractivity contribution in [1.29, 1.82) is 0 Å². The van der Waals surface area contributed by atoms with Crippen molar-refractivity contribution in [3.63, 3.8) is 0 Å². The molecule has 2 heterocycles. The van der Waals surface area contributed by atoms with Gasteiger partial charge in [-0.25, -0.2) is 4.79 Å². The molecular formula is C23H20N2O4. The van der Waals surface area contributed by atoms with E-state index in [1.165, 1.54) is 0 Å². The second-order valence-corrected chi connectivity index (χ2v) is 7.60. The van der Waals surface area contributed by atoms with E-state index in [1.807, 2.05) is 36.4 Å². The van der Waals surface area contributed by atoms with Gasteiger partial charge in [-0.15, -0.1) is 0 Å². The van der Waals surface area contributed by atoms with Crippen LogP contribution in [0.3, 0.4) is 0 Å². The number of amides is 1. The number of aliphatic carboxylic acids is 1. The lowest BCUT2D eigenvalue weighted by Crippen LogP contribution is -2.34. The van der Waals surface area contributed by atoms with Gasteiger partial charge in [0, 0.05) is 23.4 Å². The van der Waals surface area contributed by atoms with Crippen molar-refractivity contribution in [2.75, 3.05) is 6.61 Å². The summed E-state index contributed by atoms with van der Waals surface area (Å²) in [6, 6.07) is 13.4. The monoisotopic (exact) mass is 388 g/mol. The van der Waals surface area contributed by atoms with Gasteiger partial charge in [-0.3, -0.25) is 9.78 Å². The normalized spacial score (nSPS) is 16.1. The highest BCUT2D eigenvalue weighted by molar-refractivity contribution is 6.07. The largest absolute Gasteiger partial charge is 0.493 e. The minimum Gasteiger partial charge on any atom is -0.493 e. The van der Waals surface area contributed by atoms with Crippen LogP contribution in [-0.2, 0) is 11.2 Å². The van der Waals surface area contributed by atoms with E-state index in [4.69, 9.17) is 4.74 Å². The van der Waals surface area contributed by atoms with Gasteiger partial charge in [-0.05, 0) is 48.2 Å². The van der Waals surface area contributed by atoms with Crippen molar-refractivity contribution in [3.8, 4) is 5.75 Å². The van der Waals surface area contributed by atoms with E-state index in [0.29, 0.717) is 23.7 Å². The highest BCUT2D eigenvalue weighted by Crippen LogP contribution is 2.40. The van der Waals surface area contributed by atoms with Gasteiger partial charge in [0.15, 0.2) is 6.04 Å². The summed E-state index contributed by atoms with van der Waals surface area (Å²) in [5, 5.41) is 13.2. The molecule has 2 aliphatic rings. The lowest BCUT2D eigenvalue weighted by Gasteiger charge is -2.17. The molecule has 6 heteroatoms. The van der Waals surface area contributed by atoms with Gasteiger partial charge >= 0.3 is 5.97 Å². The van der Waals surface area contributed by atoms with E-state index in [9.17, 15) is 14.7 Å². The van der Waals surface area contributed by atoms with Crippen LogP contribution < -0.4 is 10.1 Å².